The van der Waals surface area contributed by atoms with E-state index in [1.165, 1.54) is 24.8 Å². The van der Waals surface area contributed by atoms with E-state index in [-0.39, 0.29) is 6.10 Å². The van der Waals surface area contributed by atoms with Crippen molar-refractivity contribution in [2.24, 2.45) is 5.92 Å². The van der Waals surface area contributed by atoms with Gasteiger partial charge in [-0.1, -0.05) is 46.5 Å². The number of nitrogens with zero attached hydrogens (tertiary/aromatic N) is 1. The van der Waals surface area contributed by atoms with Crippen molar-refractivity contribution in [3.8, 4) is 0 Å². The summed E-state index contributed by atoms with van der Waals surface area (Å²) in [4.78, 5) is 4.14. The summed E-state index contributed by atoms with van der Waals surface area (Å²) in [5, 5.41) is 10.4. The van der Waals surface area contributed by atoms with E-state index in [1.54, 1.807) is 6.20 Å². The number of aryl methyl sites for hydroxylation is 1. The Hall–Kier alpha value is -0.890. The second-order valence-corrected chi connectivity index (χ2v) is 5.10. The Morgan fingerprint density at radius 3 is 2.67 bits per heavy atom. The summed E-state index contributed by atoms with van der Waals surface area (Å²) in [6.07, 6.45) is 10.0. The van der Waals surface area contributed by atoms with Gasteiger partial charge in [0.05, 0.1) is 6.10 Å². The van der Waals surface area contributed by atoms with Crippen molar-refractivity contribution in [2.75, 3.05) is 0 Å². The maximum Gasteiger partial charge on any atom is 0.0796 e. The normalized spacial score (nSPS) is 14.4. The van der Waals surface area contributed by atoms with Gasteiger partial charge in [0.15, 0.2) is 0 Å². The molecule has 1 aromatic rings. The molecule has 2 heteroatoms. The molecule has 0 saturated carbocycles. The van der Waals surface area contributed by atoms with Crippen LogP contribution in [0.4, 0.5) is 0 Å². The van der Waals surface area contributed by atoms with Crippen molar-refractivity contribution in [3.63, 3.8) is 0 Å². The van der Waals surface area contributed by atoms with Gasteiger partial charge in [0.1, 0.15) is 0 Å². The van der Waals surface area contributed by atoms with Crippen molar-refractivity contribution in [1.82, 2.24) is 4.98 Å². The van der Waals surface area contributed by atoms with E-state index >= 15 is 0 Å². The fourth-order valence-corrected chi connectivity index (χ4v) is 2.48. The van der Waals surface area contributed by atoms with Gasteiger partial charge in [-0.25, -0.2) is 0 Å². The largest absolute Gasteiger partial charge is 0.388 e. The molecule has 0 aliphatic heterocycles. The maximum atomic E-state index is 10.4. The smallest absolute Gasteiger partial charge is 0.0796 e. The van der Waals surface area contributed by atoms with E-state index in [0.29, 0.717) is 5.92 Å². The zero-order chi connectivity index (χ0) is 13.4. The van der Waals surface area contributed by atoms with Crippen LogP contribution in [-0.4, -0.2) is 10.1 Å². The Balaban J connectivity index is 2.65. The highest BCUT2D eigenvalue weighted by atomic mass is 16.3. The van der Waals surface area contributed by atoms with E-state index in [0.717, 1.165) is 24.8 Å². The fourth-order valence-electron chi connectivity index (χ4n) is 2.48. The van der Waals surface area contributed by atoms with E-state index in [2.05, 4.69) is 25.8 Å². The van der Waals surface area contributed by atoms with Crippen LogP contribution in [0.15, 0.2) is 18.5 Å². The molecular weight excluding hydrogens is 222 g/mol. The minimum absolute atomic E-state index is 0.329. The third-order valence-corrected chi connectivity index (χ3v) is 3.78. The molecule has 2 nitrogen and oxygen atoms in total. The molecule has 1 heterocycles. The number of aliphatic hydroxyl groups excluding tert-OH is 1. The molecule has 1 N–H and O–H groups in total. The van der Waals surface area contributed by atoms with Gasteiger partial charge in [-0.05, 0) is 36.0 Å². The van der Waals surface area contributed by atoms with Gasteiger partial charge in [0.2, 0.25) is 0 Å². The summed E-state index contributed by atoms with van der Waals surface area (Å²) >= 11 is 0. The van der Waals surface area contributed by atoms with Gasteiger partial charge in [0.25, 0.3) is 0 Å². The van der Waals surface area contributed by atoms with Gasteiger partial charge < -0.3 is 5.11 Å². The van der Waals surface area contributed by atoms with Crippen LogP contribution in [0.5, 0.6) is 0 Å². The Kier molecular flexibility index (Phi) is 6.96. The minimum Gasteiger partial charge on any atom is -0.388 e. The summed E-state index contributed by atoms with van der Waals surface area (Å²) < 4.78 is 0. The quantitative estimate of drug-likeness (QED) is 0.745. The number of pyridine rings is 1. The number of hydrogen-bond acceptors (Lipinski definition) is 2. The molecule has 0 aliphatic rings. The summed E-state index contributed by atoms with van der Waals surface area (Å²) in [6, 6.07) is 1.97. The maximum absolute atomic E-state index is 10.4. The van der Waals surface area contributed by atoms with E-state index in [1.807, 2.05) is 12.3 Å². The zero-order valence-electron chi connectivity index (χ0n) is 12.0. The number of rotatable bonds is 8. The third-order valence-electron chi connectivity index (χ3n) is 3.78. The van der Waals surface area contributed by atoms with Crippen molar-refractivity contribution in [3.05, 3.63) is 29.6 Å². The summed E-state index contributed by atoms with van der Waals surface area (Å²) in [6.45, 7) is 6.56. The predicted molar refractivity (Wildman–Crippen MR) is 76.5 cm³/mol. The first-order valence-electron chi connectivity index (χ1n) is 7.33. The first-order valence-corrected chi connectivity index (χ1v) is 7.33. The standard InChI is InChI=1S/C16H27NO/c1-4-7-8-13(5-2)11-16(18)15-9-10-17-12-14(15)6-3/h9-10,12-13,16,18H,4-8,11H2,1-3H3. The monoisotopic (exact) mass is 249 g/mol. The van der Waals surface area contributed by atoms with Crippen molar-refractivity contribution >= 4 is 0 Å². The van der Waals surface area contributed by atoms with Gasteiger partial charge in [0, 0.05) is 12.4 Å². The van der Waals surface area contributed by atoms with Crippen LogP contribution in [-0.2, 0) is 6.42 Å². The lowest BCUT2D eigenvalue weighted by Crippen LogP contribution is -2.09. The fraction of sp³-hybridized carbons (Fsp3) is 0.688. The van der Waals surface area contributed by atoms with Crippen molar-refractivity contribution in [2.45, 2.75) is 65.4 Å². The summed E-state index contributed by atoms with van der Waals surface area (Å²) in [5.41, 5.74) is 2.25. The van der Waals surface area contributed by atoms with Crippen LogP contribution < -0.4 is 0 Å². The molecule has 18 heavy (non-hydrogen) atoms. The highest BCUT2D eigenvalue weighted by Crippen LogP contribution is 2.28. The lowest BCUT2D eigenvalue weighted by Gasteiger charge is -2.20. The highest BCUT2D eigenvalue weighted by Gasteiger charge is 2.16. The number of aliphatic hydroxyl groups is 1. The van der Waals surface area contributed by atoms with Gasteiger partial charge in [-0.3, -0.25) is 4.98 Å². The van der Waals surface area contributed by atoms with Gasteiger partial charge in [-0.15, -0.1) is 0 Å². The zero-order valence-corrected chi connectivity index (χ0v) is 12.0. The molecule has 0 bridgehead atoms. The van der Waals surface area contributed by atoms with Crippen molar-refractivity contribution < 1.29 is 5.11 Å². The van der Waals surface area contributed by atoms with E-state index in [4.69, 9.17) is 0 Å². The highest BCUT2D eigenvalue weighted by molar-refractivity contribution is 5.25. The van der Waals surface area contributed by atoms with Crippen LogP contribution in [0.3, 0.4) is 0 Å². The number of hydrogen-bond donors (Lipinski definition) is 1. The summed E-state index contributed by atoms with van der Waals surface area (Å²) in [7, 11) is 0. The molecule has 0 saturated heterocycles. The second-order valence-electron chi connectivity index (χ2n) is 5.10. The lowest BCUT2D eigenvalue weighted by molar-refractivity contribution is 0.138. The van der Waals surface area contributed by atoms with Crippen LogP contribution >= 0.6 is 0 Å². The molecule has 0 aromatic carbocycles. The van der Waals surface area contributed by atoms with Crippen LogP contribution in [0.25, 0.3) is 0 Å². The molecule has 0 amide bonds. The topological polar surface area (TPSA) is 33.1 Å². The number of aromatic nitrogens is 1. The average Bonchev–Trinajstić information content (AvgIpc) is 2.43. The van der Waals surface area contributed by atoms with E-state index < -0.39 is 0 Å². The van der Waals surface area contributed by atoms with Gasteiger partial charge >= 0.3 is 0 Å². The van der Waals surface area contributed by atoms with Crippen LogP contribution in [0, 0.1) is 5.92 Å². The van der Waals surface area contributed by atoms with Crippen LogP contribution in [0.2, 0.25) is 0 Å². The van der Waals surface area contributed by atoms with Crippen molar-refractivity contribution in [1.29, 1.82) is 0 Å². The SMILES string of the molecule is CCCCC(CC)CC(O)c1ccncc1CC. The Labute approximate surface area is 111 Å². The third kappa shape index (κ3) is 4.41. The molecule has 1 rings (SSSR count). The molecule has 0 spiro atoms. The molecule has 0 fully saturated rings. The molecule has 1 aromatic heterocycles. The average molecular weight is 249 g/mol. The van der Waals surface area contributed by atoms with E-state index in [9.17, 15) is 5.11 Å². The van der Waals surface area contributed by atoms with Crippen LogP contribution in [0.1, 0.15) is 70.1 Å². The molecule has 102 valence electrons. The Morgan fingerprint density at radius 2 is 2.06 bits per heavy atom. The molecule has 2 unspecified atom stereocenters. The molecule has 2 atom stereocenters. The first-order chi connectivity index (χ1) is 8.72. The predicted octanol–water partition coefficient (Wildman–Crippen LogP) is 4.28. The molecule has 0 radical (unpaired) electrons. The first kappa shape index (κ1) is 15.2. The van der Waals surface area contributed by atoms with Gasteiger partial charge in [-0.2, -0.15) is 0 Å². The molecule has 0 aliphatic carbocycles. The lowest BCUT2D eigenvalue weighted by atomic mass is 9.89. The Bertz CT molecular complexity index is 338. The number of unbranched alkanes of at least 4 members (excludes halogenated alkanes) is 1. The Morgan fingerprint density at radius 1 is 1.28 bits per heavy atom. The second kappa shape index (κ2) is 8.25. The minimum atomic E-state index is -0.329. The summed E-state index contributed by atoms with van der Waals surface area (Å²) in [5.74, 6) is 0.637. The molecular formula is C16H27NO.